The van der Waals surface area contributed by atoms with Gasteiger partial charge in [0.15, 0.2) is 5.43 Å². The smallest absolute Gasteiger partial charge is 0.330 e. The third kappa shape index (κ3) is 3.35. The second-order valence-electron chi connectivity index (χ2n) is 4.37. The summed E-state index contributed by atoms with van der Waals surface area (Å²) < 4.78 is 10.3. The summed E-state index contributed by atoms with van der Waals surface area (Å²) >= 11 is 0. The summed E-state index contributed by atoms with van der Waals surface area (Å²) in [4.78, 5) is 23.6. The maximum Gasteiger partial charge on any atom is 0.330 e. The van der Waals surface area contributed by atoms with E-state index in [9.17, 15) is 9.59 Å². The van der Waals surface area contributed by atoms with Crippen LogP contribution in [0.4, 0.5) is 0 Å². The van der Waals surface area contributed by atoms with Crippen molar-refractivity contribution in [3.8, 4) is 0 Å². The molecule has 0 bridgehead atoms. The molecule has 0 unspecified atom stereocenters. The van der Waals surface area contributed by atoms with Crippen LogP contribution in [0.5, 0.6) is 0 Å². The zero-order chi connectivity index (χ0) is 14.4. The van der Waals surface area contributed by atoms with Crippen LogP contribution >= 0.6 is 0 Å². The summed E-state index contributed by atoms with van der Waals surface area (Å²) in [5.41, 5.74) is 0.695. The Balaban J connectivity index is 2.16. The lowest BCUT2D eigenvalue weighted by atomic mass is 10.1. The number of unbranched alkanes of at least 4 members (excludes halogenated alkanes) is 1. The lowest BCUT2D eigenvalue weighted by Gasteiger charge is -1.99. The molecular weight excluding hydrogens is 256 g/mol. The van der Waals surface area contributed by atoms with Gasteiger partial charge in [-0.15, -0.1) is 0 Å². The van der Waals surface area contributed by atoms with Crippen LogP contribution in [-0.2, 0) is 9.53 Å². The Labute approximate surface area is 116 Å². The second kappa shape index (κ2) is 6.70. The van der Waals surface area contributed by atoms with Crippen molar-refractivity contribution in [2.24, 2.45) is 0 Å². The van der Waals surface area contributed by atoms with E-state index in [0.29, 0.717) is 23.1 Å². The number of hydrogen-bond acceptors (Lipinski definition) is 4. The number of para-hydroxylation sites is 1. The van der Waals surface area contributed by atoms with Crippen LogP contribution in [0.15, 0.2) is 45.8 Å². The van der Waals surface area contributed by atoms with Crippen molar-refractivity contribution < 1.29 is 13.9 Å². The van der Waals surface area contributed by atoms with Crippen LogP contribution in [0, 0.1) is 0 Å². The molecule has 0 fully saturated rings. The molecule has 4 nitrogen and oxygen atoms in total. The standard InChI is InChI=1S/C16H16O4/c1-2-3-10-19-15(17)9-8-12-11-20-14-7-5-4-6-13(14)16(12)18/h4-9,11H,2-3,10H2,1H3/b9-8+. The van der Waals surface area contributed by atoms with Gasteiger partial charge in [0, 0.05) is 6.08 Å². The Morgan fingerprint density at radius 1 is 1.35 bits per heavy atom. The largest absolute Gasteiger partial charge is 0.463 e. The Bertz CT molecular complexity index is 682. The van der Waals surface area contributed by atoms with Gasteiger partial charge in [0.05, 0.1) is 17.6 Å². The number of rotatable bonds is 5. The predicted molar refractivity (Wildman–Crippen MR) is 77.4 cm³/mol. The Kier molecular flexibility index (Phi) is 4.71. The molecule has 1 aromatic carbocycles. The monoisotopic (exact) mass is 272 g/mol. The summed E-state index contributed by atoms with van der Waals surface area (Å²) in [5.74, 6) is -0.453. The van der Waals surface area contributed by atoms with Crippen molar-refractivity contribution in [1.82, 2.24) is 0 Å². The molecule has 20 heavy (non-hydrogen) atoms. The first kappa shape index (κ1) is 14.1. The SMILES string of the molecule is CCCCOC(=O)/C=C/c1coc2ccccc2c1=O. The number of benzene rings is 1. The average molecular weight is 272 g/mol. The number of fused-ring (bicyclic) bond motifs is 1. The lowest BCUT2D eigenvalue weighted by Crippen LogP contribution is -2.06. The fourth-order valence-corrected chi connectivity index (χ4v) is 1.73. The van der Waals surface area contributed by atoms with Crippen LogP contribution in [0.1, 0.15) is 25.3 Å². The molecule has 2 aromatic rings. The molecule has 0 aliphatic carbocycles. The summed E-state index contributed by atoms with van der Waals surface area (Å²) in [7, 11) is 0. The van der Waals surface area contributed by atoms with Crippen molar-refractivity contribution in [3.63, 3.8) is 0 Å². The molecule has 0 radical (unpaired) electrons. The zero-order valence-corrected chi connectivity index (χ0v) is 11.3. The van der Waals surface area contributed by atoms with Gasteiger partial charge >= 0.3 is 5.97 Å². The normalized spacial score (nSPS) is 11.1. The third-order valence-electron chi connectivity index (χ3n) is 2.85. The molecule has 0 spiro atoms. The molecule has 0 saturated carbocycles. The summed E-state index contributed by atoms with van der Waals surface area (Å²) in [5, 5.41) is 0.494. The number of esters is 1. The van der Waals surface area contributed by atoms with Gasteiger partial charge in [-0.1, -0.05) is 25.5 Å². The van der Waals surface area contributed by atoms with E-state index < -0.39 is 5.97 Å². The summed E-state index contributed by atoms with van der Waals surface area (Å²) in [6, 6.07) is 6.99. The van der Waals surface area contributed by atoms with Gasteiger partial charge in [-0.05, 0) is 24.6 Å². The van der Waals surface area contributed by atoms with Gasteiger partial charge in [0.1, 0.15) is 11.8 Å². The zero-order valence-electron chi connectivity index (χ0n) is 11.3. The average Bonchev–Trinajstić information content (AvgIpc) is 2.47. The minimum Gasteiger partial charge on any atom is -0.463 e. The van der Waals surface area contributed by atoms with Gasteiger partial charge in [0.25, 0.3) is 0 Å². The maximum atomic E-state index is 12.1. The van der Waals surface area contributed by atoms with Crippen molar-refractivity contribution >= 4 is 23.0 Å². The summed E-state index contributed by atoms with van der Waals surface area (Å²) in [6.45, 7) is 2.41. The van der Waals surface area contributed by atoms with Gasteiger partial charge in [-0.25, -0.2) is 4.79 Å². The first-order valence-electron chi connectivity index (χ1n) is 6.57. The minimum atomic E-state index is -0.453. The fourth-order valence-electron chi connectivity index (χ4n) is 1.73. The van der Waals surface area contributed by atoms with E-state index in [2.05, 4.69) is 0 Å². The van der Waals surface area contributed by atoms with E-state index in [1.165, 1.54) is 18.4 Å². The van der Waals surface area contributed by atoms with E-state index in [1.807, 2.05) is 6.92 Å². The third-order valence-corrected chi connectivity index (χ3v) is 2.85. The van der Waals surface area contributed by atoms with Crippen LogP contribution < -0.4 is 5.43 Å². The molecule has 0 aliphatic rings. The van der Waals surface area contributed by atoms with E-state index in [0.717, 1.165) is 12.8 Å². The van der Waals surface area contributed by atoms with Crippen LogP contribution in [-0.4, -0.2) is 12.6 Å². The topological polar surface area (TPSA) is 56.5 Å². The first-order valence-corrected chi connectivity index (χ1v) is 6.57. The molecule has 0 saturated heterocycles. The van der Waals surface area contributed by atoms with E-state index >= 15 is 0 Å². The van der Waals surface area contributed by atoms with Crippen molar-refractivity contribution in [2.75, 3.05) is 6.61 Å². The molecule has 0 atom stereocenters. The number of carbonyl (C=O) groups excluding carboxylic acids is 1. The van der Waals surface area contributed by atoms with Crippen LogP contribution in [0.3, 0.4) is 0 Å². The van der Waals surface area contributed by atoms with E-state index in [1.54, 1.807) is 24.3 Å². The fraction of sp³-hybridized carbons (Fsp3) is 0.250. The Morgan fingerprint density at radius 2 is 2.15 bits per heavy atom. The quantitative estimate of drug-likeness (QED) is 0.476. The maximum absolute atomic E-state index is 12.1. The molecular formula is C16H16O4. The Morgan fingerprint density at radius 3 is 2.95 bits per heavy atom. The van der Waals surface area contributed by atoms with Crippen molar-refractivity contribution in [3.05, 3.63) is 52.4 Å². The highest BCUT2D eigenvalue weighted by Crippen LogP contribution is 2.11. The molecule has 0 aliphatic heterocycles. The van der Waals surface area contributed by atoms with Crippen LogP contribution in [0.2, 0.25) is 0 Å². The molecule has 104 valence electrons. The van der Waals surface area contributed by atoms with Gasteiger partial charge in [-0.2, -0.15) is 0 Å². The highest BCUT2D eigenvalue weighted by Gasteiger charge is 2.04. The summed E-state index contributed by atoms with van der Waals surface area (Å²) in [6.07, 6.45) is 5.81. The lowest BCUT2D eigenvalue weighted by molar-refractivity contribution is -0.137. The van der Waals surface area contributed by atoms with E-state index in [4.69, 9.17) is 9.15 Å². The van der Waals surface area contributed by atoms with E-state index in [-0.39, 0.29) is 5.43 Å². The first-order chi connectivity index (χ1) is 9.72. The molecule has 1 aromatic heterocycles. The van der Waals surface area contributed by atoms with Crippen molar-refractivity contribution in [1.29, 1.82) is 0 Å². The number of carbonyl (C=O) groups is 1. The number of ether oxygens (including phenoxy) is 1. The highest BCUT2D eigenvalue weighted by atomic mass is 16.5. The van der Waals surface area contributed by atoms with Gasteiger partial charge in [-0.3, -0.25) is 4.79 Å². The molecule has 1 heterocycles. The minimum absolute atomic E-state index is 0.163. The highest BCUT2D eigenvalue weighted by molar-refractivity contribution is 5.88. The predicted octanol–water partition coefficient (Wildman–Crippen LogP) is 3.15. The van der Waals surface area contributed by atoms with Gasteiger partial charge in [0.2, 0.25) is 0 Å². The molecule has 4 heteroatoms. The molecule has 2 rings (SSSR count). The number of hydrogen-bond donors (Lipinski definition) is 0. The second-order valence-corrected chi connectivity index (χ2v) is 4.37. The van der Waals surface area contributed by atoms with Gasteiger partial charge < -0.3 is 9.15 Å². The van der Waals surface area contributed by atoms with Crippen molar-refractivity contribution in [2.45, 2.75) is 19.8 Å². The molecule has 0 amide bonds. The Hall–Kier alpha value is -2.36. The molecule has 0 N–H and O–H groups in total. The van der Waals surface area contributed by atoms with Crippen LogP contribution in [0.25, 0.3) is 17.0 Å².